The van der Waals surface area contributed by atoms with Crippen LogP contribution in [0.5, 0.6) is 0 Å². The van der Waals surface area contributed by atoms with Crippen LogP contribution < -0.4 is 5.32 Å². The lowest BCUT2D eigenvalue weighted by Gasteiger charge is -2.06. The molecular weight excluding hydrogens is 465 g/mol. The number of unbranched alkanes of at least 4 members (excludes halogenated alkanes) is 30. The maximum Gasteiger partial charge on any atom is -0.00489 e. The minimum absolute atomic E-state index is 0. The van der Waals surface area contributed by atoms with Gasteiger partial charge in [-0.2, -0.15) is 0 Å². The normalized spacial score (nSPS) is 11.2. The van der Waals surface area contributed by atoms with Crippen LogP contribution in [-0.2, 0) is 0 Å². The highest BCUT2D eigenvalue weighted by Gasteiger charge is 1.97. The van der Waals surface area contributed by atoms with E-state index in [-0.39, 0.29) is 4.70 Å². The van der Waals surface area contributed by atoms with Crippen molar-refractivity contribution in [1.82, 2.24) is 5.32 Å². The number of hydrogen-bond acceptors (Lipinski definition) is 1. The lowest BCUT2D eigenvalue weighted by atomic mass is 10.0. The van der Waals surface area contributed by atoms with Gasteiger partial charge in [0.05, 0.1) is 0 Å². The highest BCUT2D eigenvalue weighted by molar-refractivity contribution is 4.54. The monoisotopic (exact) mass is 542 g/mol. The highest BCUT2D eigenvalue weighted by Crippen LogP contribution is 2.15. The Hall–Kier alpha value is -0.110. The summed E-state index contributed by atoms with van der Waals surface area (Å²) in [6.07, 6.45) is 46.7. The quantitative estimate of drug-likeness (QED) is 0.0799. The molecule has 38 heavy (non-hydrogen) atoms. The average molecular weight is 542 g/mol. The van der Waals surface area contributed by atoms with Crippen molar-refractivity contribution in [3.63, 3.8) is 0 Å². The third-order valence-electron chi connectivity index (χ3n) is 8.41. The van der Waals surface area contributed by atoms with Crippen LogP contribution in [0.2, 0.25) is 0 Å². The predicted octanol–water partition coefficient (Wildman–Crippen LogP) is 13.3. The van der Waals surface area contributed by atoms with Gasteiger partial charge < -0.3 is 5.32 Å². The zero-order valence-electron chi connectivity index (χ0n) is 26.9. The van der Waals surface area contributed by atoms with E-state index in [2.05, 4.69) is 19.2 Å². The van der Waals surface area contributed by atoms with E-state index in [9.17, 15) is 0 Å². The Kier molecular flexibility index (Phi) is 41.1. The zero-order valence-corrected chi connectivity index (χ0v) is 26.9. The lowest BCUT2D eigenvalue weighted by Crippen LogP contribution is -2.16. The molecule has 232 valence electrons. The lowest BCUT2D eigenvalue weighted by molar-refractivity contribution is 0.515. The van der Waals surface area contributed by atoms with Gasteiger partial charge in [-0.15, -0.1) is 0 Å². The van der Waals surface area contributed by atoms with E-state index in [4.69, 9.17) is 0 Å². The van der Waals surface area contributed by atoms with Gasteiger partial charge in [0.15, 0.2) is 0 Å². The fourth-order valence-electron chi connectivity index (χ4n) is 5.72. The first kappa shape index (κ1) is 40.0. The van der Waals surface area contributed by atoms with Gasteiger partial charge in [-0.1, -0.05) is 206 Å². The maximum atomic E-state index is 3.68. The van der Waals surface area contributed by atoms with Crippen LogP contribution in [0.3, 0.4) is 0 Å². The molecule has 0 fully saturated rings. The molecular formula is C36H76FN. The standard InChI is InChI=1S/C36H75N.FH/c1-3-5-7-9-11-13-15-17-19-21-23-25-27-29-31-33-35-37-36-34-32-30-28-26-24-22-20-18-16-14-12-10-8-6-4-2;/h37H,3-36H2,1-2H3;1H. The summed E-state index contributed by atoms with van der Waals surface area (Å²) in [4.78, 5) is 0. The summed E-state index contributed by atoms with van der Waals surface area (Å²) in [7, 11) is 0. The van der Waals surface area contributed by atoms with Crippen LogP contribution in [0.4, 0.5) is 4.70 Å². The summed E-state index contributed by atoms with van der Waals surface area (Å²) < 4.78 is 0. The van der Waals surface area contributed by atoms with Crippen LogP contribution in [0.15, 0.2) is 0 Å². The number of nitrogens with one attached hydrogen (secondary N) is 1. The van der Waals surface area contributed by atoms with Crippen molar-refractivity contribution in [1.29, 1.82) is 0 Å². The summed E-state index contributed by atoms with van der Waals surface area (Å²) >= 11 is 0. The molecule has 1 nitrogen and oxygen atoms in total. The third-order valence-corrected chi connectivity index (χ3v) is 8.41. The second-order valence-electron chi connectivity index (χ2n) is 12.4. The summed E-state index contributed by atoms with van der Waals surface area (Å²) in [5, 5.41) is 3.68. The SMILES string of the molecule is CCCCCCCCCCCCCCCCCCNCCCCCCCCCCCCCCCCCC.F. The Morgan fingerprint density at radius 3 is 0.579 bits per heavy atom. The summed E-state index contributed by atoms with van der Waals surface area (Å²) in [5.74, 6) is 0. The van der Waals surface area contributed by atoms with E-state index in [1.54, 1.807) is 0 Å². The molecule has 0 bridgehead atoms. The van der Waals surface area contributed by atoms with Crippen molar-refractivity contribution < 1.29 is 4.70 Å². The molecule has 0 atom stereocenters. The van der Waals surface area contributed by atoms with Gasteiger partial charge in [0, 0.05) is 0 Å². The van der Waals surface area contributed by atoms with Crippen LogP contribution in [0.1, 0.15) is 219 Å². The Morgan fingerprint density at radius 2 is 0.395 bits per heavy atom. The second kappa shape index (κ2) is 39.0. The van der Waals surface area contributed by atoms with Gasteiger partial charge in [-0.05, 0) is 25.9 Å². The Bertz CT molecular complexity index is 338. The van der Waals surface area contributed by atoms with E-state index in [1.807, 2.05) is 0 Å². The number of halogens is 1. The van der Waals surface area contributed by atoms with Crippen LogP contribution >= 0.6 is 0 Å². The Balaban J connectivity index is 0. The van der Waals surface area contributed by atoms with Gasteiger partial charge in [-0.25, -0.2) is 0 Å². The largest absolute Gasteiger partial charge is 0.317 e. The molecule has 0 aliphatic heterocycles. The fourth-order valence-corrected chi connectivity index (χ4v) is 5.72. The molecule has 0 spiro atoms. The van der Waals surface area contributed by atoms with Crippen molar-refractivity contribution in [3.8, 4) is 0 Å². The van der Waals surface area contributed by atoms with Crippen molar-refractivity contribution in [2.75, 3.05) is 13.1 Å². The van der Waals surface area contributed by atoms with Gasteiger partial charge >= 0.3 is 0 Å². The first-order chi connectivity index (χ1) is 18.4. The smallest absolute Gasteiger partial charge is 0.00489 e. The highest BCUT2D eigenvalue weighted by atomic mass is 19.0. The number of rotatable bonds is 34. The molecule has 2 heteroatoms. The van der Waals surface area contributed by atoms with Crippen molar-refractivity contribution in [2.45, 2.75) is 219 Å². The second-order valence-corrected chi connectivity index (χ2v) is 12.4. The van der Waals surface area contributed by atoms with Gasteiger partial charge in [0.1, 0.15) is 0 Å². The molecule has 0 aromatic carbocycles. The fraction of sp³-hybridized carbons (Fsp3) is 1.00. The molecule has 0 unspecified atom stereocenters. The molecule has 0 amide bonds. The molecule has 0 aromatic heterocycles. The maximum absolute atomic E-state index is 3.68. The predicted molar refractivity (Wildman–Crippen MR) is 174 cm³/mol. The molecule has 0 rings (SSSR count). The summed E-state index contributed by atoms with van der Waals surface area (Å²) in [6, 6.07) is 0. The summed E-state index contributed by atoms with van der Waals surface area (Å²) in [5.41, 5.74) is 0. The molecule has 0 aliphatic rings. The van der Waals surface area contributed by atoms with E-state index in [1.165, 1.54) is 219 Å². The molecule has 0 saturated carbocycles. The van der Waals surface area contributed by atoms with Crippen molar-refractivity contribution >= 4 is 0 Å². The molecule has 1 N–H and O–H groups in total. The van der Waals surface area contributed by atoms with Crippen LogP contribution in [-0.4, -0.2) is 13.1 Å². The Morgan fingerprint density at radius 1 is 0.237 bits per heavy atom. The average Bonchev–Trinajstić information content (AvgIpc) is 2.91. The van der Waals surface area contributed by atoms with Gasteiger partial charge in [0.2, 0.25) is 0 Å². The minimum atomic E-state index is 0. The minimum Gasteiger partial charge on any atom is -0.317 e. The van der Waals surface area contributed by atoms with Gasteiger partial charge in [0.25, 0.3) is 0 Å². The zero-order chi connectivity index (χ0) is 26.7. The number of hydrogen-bond donors (Lipinski definition) is 1. The molecule has 0 saturated heterocycles. The molecule has 0 heterocycles. The van der Waals surface area contributed by atoms with Crippen molar-refractivity contribution in [2.24, 2.45) is 0 Å². The first-order valence-electron chi connectivity index (χ1n) is 18.1. The van der Waals surface area contributed by atoms with Crippen LogP contribution in [0, 0.1) is 0 Å². The van der Waals surface area contributed by atoms with E-state index in [0.29, 0.717) is 0 Å². The van der Waals surface area contributed by atoms with E-state index in [0.717, 1.165) is 0 Å². The summed E-state index contributed by atoms with van der Waals surface area (Å²) in [6.45, 7) is 7.11. The Labute approximate surface area is 242 Å². The molecule has 0 aliphatic carbocycles. The van der Waals surface area contributed by atoms with Gasteiger partial charge in [-0.3, -0.25) is 4.70 Å². The van der Waals surface area contributed by atoms with Crippen molar-refractivity contribution in [3.05, 3.63) is 0 Å². The van der Waals surface area contributed by atoms with E-state index >= 15 is 0 Å². The first-order valence-corrected chi connectivity index (χ1v) is 18.1. The molecule has 0 aromatic rings. The van der Waals surface area contributed by atoms with Crippen LogP contribution in [0.25, 0.3) is 0 Å². The topological polar surface area (TPSA) is 12.0 Å². The molecule has 0 radical (unpaired) electrons. The van der Waals surface area contributed by atoms with E-state index < -0.39 is 0 Å². The third kappa shape index (κ3) is 38.0.